The maximum absolute atomic E-state index is 13.1. The first-order chi connectivity index (χ1) is 11.2. The standard InChI is InChI=1S/C15H12ClF3N3O2/c1-8(23)10-6-9(2-3-11(10)16)22-13(24)7-12(15(17,18)19)21-5-4-20-14(21)22/h2-3,6H,4-5,7H2,1H3/q+1. The van der Waals surface area contributed by atoms with E-state index in [1.165, 1.54) is 25.1 Å². The molecule has 0 aromatic heterocycles. The first kappa shape index (κ1) is 16.6. The van der Waals surface area contributed by atoms with E-state index in [0.717, 1.165) is 9.48 Å². The number of carbonyl (C=O) groups excluding carboxylic acids is 2. The van der Waals surface area contributed by atoms with E-state index in [1.54, 1.807) is 0 Å². The number of ketones is 1. The number of Topliss-reactive ketones (excluding diaryl/α,β-unsaturated/α-hetero) is 1. The Morgan fingerprint density at radius 1 is 1.38 bits per heavy atom. The molecule has 0 N–H and O–H groups in total. The minimum atomic E-state index is -4.60. The Labute approximate surface area is 140 Å². The number of amides is 1. The fourth-order valence-electron chi connectivity index (χ4n) is 2.75. The van der Waals surface area contributed by atoms with Gasteiger partial charge in [0, 0.05) is 5.56 Å². The van der Waals surface area contributed by atoms with Crippen LogP contribution in [0.5, 0.6) is 0 Å². The average molecular weight is 359 g/mol. The van der Waals surface area contributed by atoms with E-state index in [4.69, 9.17) is 11.6 Å². The van der Waals surface area contributed by atoms with Gasteiger partial charge in [0.1, 0.15) is 25.2 Å². The zero-order chi connectivity index (χ0) is 17.6. The highest BCUT2D eigenvalue weighted by Gasteiger charge is 2.50. The number of aliphatic imine (C=N–C) groups is 1. The van der Waals surface area contributed by atoms with Crippen molar-refractivity contribution >= 4 is 40.6 Å². The lowest BCUT2D eigenvalue weighted by Crippen LogP contribution is -2.53. The topological polar surface area (TPSA) is 52.8 Å². The van der Waals surface area contributed by atoms with E-state index in [-0.39, 0.29) is 41.1 Å². The summed E-state index contributed by atoms with van der Waals surface area (Å²) in [6, 6.07) is 4.30. The molecule has 2 heterocycles. The number of anilines is 1. The molecule has 1 aromatic carbocycles. The number of halogens is 4. The predicted molar refractivity (Wildman–Crippen MR) is 82.1 cm³/mol. The van der Waals surface area contributed by atoms with Crippen LogP contribution < -0.4 is 4.90 Å². The van der Waals surface area contributed by atoms with Crippen molar-refractivity contribution in [2.75, 3.05) is 18.0 Å². The van der Waals surface area contributed by atoms with Gasteiger partial charge in [-0.25, -0.2) is 4.58 Å². The number of nitrogens with zero attached hydrogens (tertiary/aromatic N) is 3. The van der Waals surface area contributed by atoms with Crippen LogP contribution in [0.2, 0.25) is 5.02 Å². The van der Waals surface area contributed by atoms with Gasteiger partial charge in [-0.15, -0.1) is 4.99 Å². The molecule has 24 heavy (non-hydrogen) atoms. The van der Waals surface area contributed by atoms with E-state index in [2.05, 4.69) is 4.99 Å². The summed E-state index contributed by atoms with van der Waals surface area (Å²) < 4.78 is 40.4. The number of alkyl halides is 3. The number of carbonyl (C=O) groups is 2. The number of hydrogen-bond acceptors (Lipinski definition) is 3. The predicted octanol–water partition coefficient (Wildman–Crippen LogP) is 2.66. The van der Waals surface area contributed by atoms with Crippen molar-refractivity contribution in [1.82, 2.24) is 0 Å². The zero-order valence-electron chi connectivity index (χ0n) is 12.5. The molecule has 1 aromatic rings. The minimum absolute atomic E-state index is 0.0567. The van der Waals surface area contributed by atoms with Gasteiger partial charge in [0.2, 0.25) is 0 Å². The van der Waals surface area contributed by atoms with Crippen molar-refractivity contribution in [1.29, 1.82) is 0 Å². The summed E-state index contributed by atoms with van der Waals surface area (Å²) in [4.78, 5) is 29.1. The quantitative estimate of drug-likeness (QED) is 0.603. The maximum Gasteiger partial charge on any atom is 0.442 e. The summed E-state index contributed by atoms with van der Waals surface area (Å²) in [5, 5.41) is 0.212. The van der Waals surface area contributed by atoms with Crippen molar-refractivity contribution in [3.8, 4) is 0 Å². The highest BCUT2D eigenvalue weighted by atomic mass is 35.5. The van der Waals surface area contributed by atoms with Crippen molar-refractivity contribution in [3.05, 3.63) is 28.8 Å². The molecule has 3 rings (SSSR count). The average Bonchev–Trinajstić information content (AvgIpc) is 2.95. The lowest BCUT2D eigenvalue weighted by atomic mass is 10.1. The Morgan fingerprint density at radius 2 is 2.08 bits per heavy atom. The van der Waals surface area contributed by atoms with Crippen LogP contribution in [0.25, 0.3) is 0 Å². The third kappa shape index (κ3) is 2.71. The molecule has 0 atom stereocenters. The van der Waals surface area contributed by atoms with Gasteiger partial charge in [-0.1, -0.05) is 11.6 Å². The summed E-state index contributed by atoms with van der Waals surface area (Å²) in [5.74, 6) is -1.13. The van der Waals surface area contributed by atoms with Gasteiger partial charge in [-0.2, -0.15) is 18.1 Å². The third-order valence-electron chi connectivity index (χ3n) is 3.83. The summed E-state index contributed by atoms with van der Waals surface area (Å²) in [5.41, 5.74) is -0.458. The van der Waals surface area contributed by atoms with Gasteiger partial charge in [0.05, 0.1) is 5.02 Å². The third-order valence-corrected chi connectivity index (χ3v) is 4.16. The molecule has 0 aliphatic carbocycles. The molecule has 126 valence electrons. The van der Waals surface area contributed by atoms with Crippen LogP contribution in [0.4, 0.5) is 18.9 Å². The molecule has 2 aliphatic rings. The van der Waals surface area contributed by atoms with E-state index in [9.17, 15) is 22.8 Å². The molecule has 0 saturated carbocycles. The van der Waals surface area contributed by atoms with Crippen LogP contribution in [-0.2, 0) is 4.79 Å². The number of hydrogen-bond donors (Lipinski definition) is 0. The van der Waals surface area contributed by atoms with Gasteiger partial charge in [0.15, 0.2) is 11.5 Å². The summed E-state index contributed by atoms with van der Waals surface area (Å²) in [7, 11) is 0. The first-order valence-electron chi connectivity index (χ1n) is 7.08. The summed E-state index contributed by atoms with van der Waals surface area (Å²) >= 11 is 5.94. The Bertz CT molecular complexity index is 815. The van der Waals surface area contributed by atoms with Gasteiger partial charge < -0.3 is 0 Å². The number of rotatable bonds is 2. The monoisotopic (exact) mass is 358 g/mol. The second kappa shape index (κ2) is 5.70. The molecule has 0 spiro atoms. The Balaban J connectivity index is 2.11. The lowest BCUT2D eigenvalue weighted by molar-refractivity contribution is -0.410. The fourth-order valence-corrected chi connectivity index (χ4v) is 3.00. The molecule has 0 unspecified atom stereocenters. The van der Waals surface area contributed by atoms with Gasteiger partial charge in [0.25, 0.3) is 5.91 Å². The molecule has 5 nitrogen and oxygen atoms in total. The largest absolute Gasteiger partial charge is 0.442 e. The van der Waals surface area contributed by atoms with E-state index >= 15 is 0 Å². The van der Waals surface area contributed by atoms with Crippen LogP contribution >= 0.6 is 11.6 Å². The lowest BCUT2D eigenvalue weighted by Gasteiger charge is -2.24. The van der Waals surface area contributed by atoms with Gasteiger partial charge in [-0.3, -0.25) is 9.59 Å². The fraction of sp³-hybridized carbons (Fsp3) is 0.333. The molecular formula is C15H12ClF3N3O2+. The maximum atomic E-state index is 13.1. The molecular weight excluding hydrogens is 347 g/mol. The second-order valence-electron chi connectivity index (χ2n) is 5.40. The second-order valence-corrected chi connectivity index (χ2v) is 5.81. The zero-order valence-corrected chi connectivity index (χ0v) is 13.3. The van der Waals surface area contributed by atoms with E-state index < -0.39 is 24.2 Å². The smallest absolute Gasteiger partial charge is 0.294 e. The Hall–Kier alpha value is -2.22. The normalized spacial score (nSPS) is 18.0. The van der Waals surface area contributed by atoms with Crippen LogP contribution in [0, 0.1) is 0 Å². The van der Waals surface area contributed by atoms with Crippen molar-refractivity contribution in [2.24, 2.45) is 4.99 Å². The van der Waals surface area contributed by atoms with Gasteiger partial charge >= 0.3 is 12.1 Å². The highest BCUT2D eigenvalue weighted by molar-refractivity contribution is 6.34. The number of guanidine groups is 1. The van der Waals surface area contributed by atoms with Crippen LogP contribution in [0.3, 0.4) is 0 Å². The first-order valence-corrected chi connectivity index (χ1v) is 7.46. The van der Waals surface area contributed by atoms with Crippen LogP contribution in [0.1, 0.15) is 23.7 Å². The van der Waals surface area contributed by atoms with Crippen molar-refractivity contribution in [3.63, 3.8) is 0 Å². The number of fused-ring (bicyclic) bond motifs is 1. The molecule has 2 aliphatic heterocycles. The molecule has 9 heteroatoms. The number of benzene rings is 1. The van der Waals surface area contributed by atoms with Crippen molar-refractivity contribution < 1.29 is 27.3 Å². The molecule has 0 bridgehead atoms. The summed E-state index contributed by atoms with van der Waals surface area (Å²) in [6.45, 7) is 1.53. The minimum Gasteiger partial charge on any atom is -0.294 e. The van der Waals surface area contributed by atoms with Gasteiger partial charge in [-0.05, 0) is 25.1 Å². The molecule has 0 saturated heterocycles. The highest BCUT2D eigenvalue weighted by Crippen LogP contribution is 2.30. The molecule has 0 radical (unpaired) electrons. The van der Waals surface area contributed by atoms with Crippen LogP contribution in [-0.4, -0.2) is 47.2 Å². The van der Waals surface area contributed by atoms with Crippen molar-refractivity contribution in [2.45, 2.75) is 19.5 Å². The van der Waals surface area contributed by atoms with E-state index in [0.29, 0.717) is 0 Å². The summed E-state index contributed by atoms with van der Waals surface area (Å²) in [6.07, 6.45) is -5.38. The Kier molecular flexibility index (Phi) is 3.95. The molecule has 0 fully saturated rings. The Morgan fingerprint density at radius 3 is 2.71 bits per heavy atom. The van der Waals surface area contributed by atoms with E-state index in [1.807, 2.05) is 0 Å². The SMILES string of the molecule is CC(=O)c1cc(N2C(=O)CC(C(F)(F)F)=[N+]3CCN=C23)ccc1Cl. The molecule has 1 amide bonds. The van der Waals surface area contributed by atoms with Crippen LogP contribution in [0.15, 0.2) is 23.2 Å².